The van der Waals surface area contributed by atoms with Crippen molar-refractivity contribution >= 4 is 41.5 Å². The van der Waals surface area contributed by atoms with E-state index >= 15 is 0 Å². The first-order valence-electron chi connectivity index (χ1n) is 17.2. The van der Waals surface area contributed by atoms with Gasteiger partial charge in [-0.25, -0.2) is 4.79 Å². The van der Waals surface area contributed by atoms with Crippen LogP contribution in [0.5, 0.6) is 5.75 Å². The molecule has 0 bridgehead atoms. The molecule has 0 fully saturated rings. The number of nitrogens with zero attached hydrogens (tertiary/aromatic N) is 2. The summed E-state index contributed by atoms with van der Waals surface area (Å²) in [5.74, 6) is -0.365. The lowest BCUT2D eigenvalue weighted by molar-refractivity contribution is -0.139. The Bertz CT molecular complexity index is 1440. The molecular formula is C38H57N5O7S. The van der Waals surface area contributed by atoms with E-state index in [0.29, 0.717) is 18.7 Å². The average Bonchev–Trinajstić information content (AvgIpc) is 3.05. The van der Waals surface area contributed by atoms with Crippen molar-refractivity contribution in [1.29, 1.82) is 0 Å². The zero-order valence-corrected chi connectivity index (χ0v) is 32.6. The fourth-order valence-electron chi connectivity index (χ4n) is 4.92. The van der Waals surface area contributed by atoms with E-state index in [9.17, 15) is 24.0 Å². The molecule has 0 unspecified atom stereocenters. The van der Waals surface area contributed by atoms with Crippen LogP contribution in [0.15, 0.2) is 54.6 Å². The second-order valence-electron chi connectivity index (χ2n) is 14.5. The van der Waals surface area contributed by atoms with Gasteiger partial charge < -0.3 is 30.3 Å². The summed E-state index contributed by atoms with van der Waals surface area (Å²) in [6.07, 6.45) is 2.54. The largest absolute Gasteiger partial charge is 0.488 e. The molecule has 0 aliphatic rings. The minimum absolute atomic E-state index is 0.136. The van der Waals surface area contributed by atoms with E-state index in [-0.39, 0.29) is 24.5 Å². The van der Waals surface area contributed by atoms with Gasteiger partial charge in [-0.3, -0.25) is 24.1 Å². The molecule has 13 heteroatoms. The Hall–Kier alpha value is -4.26. The van der Waals surface area contributed by atoms with Crippen molar-refractivity contribution < 1.29 is 33.4 Å². The van der Waals surface area contributed by atoms with E-state index in [0.717, 1.165) is 23.3 Å². The van der Waals surface area contributed by atoms with Gasteiger partial charge in [0.2, 0.25) is 23.6 Å². The molecule has 2 aromatic rings. The molecule has 0 aromatic heterocycles. The van der Waals surface area contributed by atoms with Crippen LogP contribution in [-0.2, 0) is 36.8 Å². The highest BCUT2D eigenvalue weighted by Crippen LogP contribution is 2.21. The lowest BCUT2D eigenvalue weighted by Gasteiger charge is -2.31. The number of hydrogen-bond donors (Lipinski definition) is 3. The summed E-state index contributed by atoms with van der Waals surface area (Å²) >= 11 is 1.69. The molecular weight excluding hydrogens is 671 g/mol. The molecule has 0 aliphatic carbocycles. The molecule has 2 rings (SSSR count). The maximum Gasteiger partial charge on any atom is 0.410 e. The number of ether oxygens (including phenoxy) is 2. The Balaban J connectivity index is 2.12. The van der Waals surface area contributed by atoms with Gasteiger partial charge in [-0.2, -0.15) is 11.8 Å². The van der Waals surface area contributed by atoms with Gasteiger partial charge in [0, 0.05) is 33.5 Å². The van der Waals surface area contributed by atoms with E-state index in [4.69, 9.17) is 9.47 Å². The van der Waals surface area contributed by atoms with Gasteiger partial charge in [0.15, 0.2) is 0 Å². The van der Waals surface area contributed by atoms with Crippen LogP contribution in [0.3, 0.4) is 0 Å². The van der Waals surface area contributed by atoms with E-state index < -0.39 is 47.5 Å². The van der Waals surface area contributed by atoms with Crippen LogP contribution in [0.4, 0.5) is 4.79 Å². The number of carbonyl (C=O) groups is 5. The number of thioether (sulfide) groups is 1. The molecule has 0 aliphatic heterocycles. The molecule has 0 saturated carbocycles. The van der Waals surface area contributed by atoms with E-state index in [1.165, 1.54) is 30.8 Å². The summed E-state index contributed by atoms with van der Waals surface area (Å²) in [5.41, 5.74) is 0.474. The number of nitrogens with one attached hydrogen (secondary N) is 3. The SMILES string of the molecule is CSCCCNC(=O)[C@H](Cc1ccccc1)N(C)C(=O)CNC(=O)[C@@H](C)NC(=O)[C@H](Cc1ccc(OC(C)(C)C)cc1)N(C)C(=O)OC(C)(C)C. The van der Waals surface area contributed by atoms with Crippen LogP contribution in [0, 0.1) is 0 Å². The van der Waals surface area contributed by atoms with Crippen LogP contribution in [0.2, 0.25) is 0 Å². The van der Waals surface area contributed by atoms with Crippen LogP contribution < -0.4 is 20.7 Å². The lowest BCUT2D eigenvalue weighted by Crippen LogP contribution is -2.55. The summed E-state index contributed by atoms with van der Waals surface area (Å²) in [6, 6.07) is 13.8. The Kier molecular flexibility index (Phi) is 16.8. The first kappa shape index (κ1) is 42.9. The lowest BCUT2D eigenvalue weighted by atomic mass is 10.0. The van der Waals surface area contributed by atoms with Crippen molar-refractivity contribution in [3.05, 3.63) is 65.7 Å². The van der Waals surface area contributed by atoms with Crippen molar-refractivity contribution in [2.75, 3.05) is 39.2 Å². The predicted molar refractivity (Wildman–Crippen MR) is 202 cm³/mol. The quantitative estimate of drug-likeness (QED) is 0.206. The van der Waals surface area contributed by atoms with Gasteiger partial charge in [-0.05, 0) is 90.2 Å². The van der Waals surface area contributed by atoms with Crippen LogP contribution in [-0.4, -0.2) is 108 Å². The van der Waals surface area contributed by atoms with Crippen LogP contribution >= 0.6 is 11.8 Å². The number of benzene rings is 2. The van der Waals surface area contributed by atoms with Crippen molar-refractivity contribution in [3.63, 3.8) is 0 Å². The van der Waals surface area contributed by atoms with Crippen molar-refractivity contribution in [2.45, 2.75) is 97.1 Å². The summed E-state index contributed by atoms with van der Waals surface area (Å²) in [4.78, 5) is 68.8. The highest BCUT2D eigenvalue weighted by atomic mass is 32.2. The predicted octanol–water partition coefficient (Wildman–Crippen LogP) is 4.20. The highest BCUT2D eigenvalue weighted by Gasteiger charge is 2.33. The Morgan fingerprint density at radius 1 is 0.745 bits per heavy atom. The van der Waals surface area contributed by atoms with Gasteiger partial charge in [0.25, 0.3) is 0 Å². The summed E-state index contributed by atoms with van der Waals surface area (Å²) in [5, 5.41) is 8.19. The number of hydrogen-bond acceptors (Lipinski definition) is 8. The zero-order valence-electron chi connectivity index (χ0n) is 31.8. The minimum Gasteiger partial charge on any atom is -0.488 e. The third kappa shape index (κ3) is 15.7. The van der Waals surface area contributed by atoms with Crippen molar-refractivity contribution in [3.8, 4) is 5.75 Å². The topological polar surface area (TPSA) is 146 Å². The molecule has 3 atom stereocenters. The fourth-order valence-corrected chi connectivity index (χ4v) is 5.35. The normalized spacial score (nSPS) is 13.2. The minimum atomic E-state index is -1.05. The summed E-state index contributed by atoms with van der Waals surface area (Å²) in [6.45, 7) is 12.6. The number of likely N-dealkylation sites (N-methyl/N-ethyl adjacent to an activating group) is 2. The zero-order chi connectivity index (χ0) is 38.4. The monoisotopic (exact) mass is 727 g/mol. The molecule has 0 radical (unpaired) electrons. The van der Waals surface area contributed by atoms with E-state index in [2.05, 4.69) is 16.0 Å². The van der Waals surface area contributed by atoms with E-state index in [1.54, 1.807) is 44.7 Å². The van der Waals surface area contributed by atoms with Crippen LogP contribution in [0.25, 0.3) is 0 Å². The smallest absolute Gasteiger partial charge is 0.410 e. The standard InChI is InChI=1S/C38H57N5O7S/c1-26(33(45)40-25-32(44)42(8)30(23-27-15-12-11-13-16-27)34(46)39-21-14-22-51-10)41-35(47)31(43(9)36(48)50-38(5,6)7)24-28-17-19-29(20-18-28)49-37(2,3)4/h11-13,15-20,26,30-31H,14,21-25H2,1-10H3,(H,39,46)(H,40,45)(H,41,47)/t26-,30+,31+/m1/s1. The first-order valence-corrected chi connectivity index (χ1v) is 18.6. The van der Waals surface area contributed by atoms with Gasteiger partial charge in [-0.15, -0.1) is 0 Å². The number of carbonyl (C=O) groups excluding carboxylic acids is 5. The van der Waals surface area contributed by atoms with Gasteiger partial charge in [0.05, 0.1) is 6.54 Å². The third-order valence-corrected chi connectivity index (χ3v) is 8.35. The summed E-state index contributed by atoms with van der Waals surface area (Å²) in [7, 11) is 3.01. The average molecular weight is 728 g/mol. The second kappa shape index (κ2) is 20.0. The van der Waals surface area contributed by atoms with Crippen molar-refractivity contribution in [2.24, 2.45) is 0 Å². The first-order chi connectivity index (χ1) is 23.8. The molecule has 0 heterocycles. The number of rotatable bonds is 17. The Morgan fingerprint density at radius 3 is 1.86 bits per heavy atom. The molecule has 12 nitrogen and oxygen atoms in total. The van der Waals surface area contributed by atoms with Gasteiger partial charge in [0.1, 0.15) is 35.1 Å². The Labute approximate surface area is 307 Å². The molecule has 51 heavy (non-hydrogen) atoms. The van der Waals surface area contributed by atoms with Crippen LogP contribution in [0.1, 0.15) is 66.0 Å². The molecule has 282 valence electrons. The molecule has 3 N–H and O–H groups in total. The van der Waals surface area contributed by atoms with Gasteiger partial charge >= 0.3 is 6.09 Å². The Morgan fingerprint density at radius 2 is 1.31 bits per heavy atom. The maximum absolute atomic E-state index is 13.7. The molecule has 2 aromatic carbocycles. The molecule has 0 spiro atoms. The highest BCUT2D eigenvalue weighted by molar-refractivity contribution is 7.98. The molecule has 0 saturated heterocycles. The fraction of sp³-hybridized carbons (Fsp3) is 0.553. The van der Waals surface area contributed by atoms with E-state index in [1.807, 2.05) is 69.5 Å². The maximum atomic E-state index is 13.7. The molecule has 5 amide bonds. The number of amides is 5. The third-order valence-electron chi connectivity index (χ3n) is 7.65. The summed E-state index contributed by atoms with van der Waals surface area (Å²) < 4.78 is 11.4. The second-order valence-corrected chi connectivity index (χ2v) is 15.5. The van der Waals surface area contributed by atoms with Crippen molar-refractivity contribution in [1.82, 2.24) is 25.8 Å². The van der Waals surface area contributed by atoms with Gasteiger partial charge in [-0.1, -0.05) is 42.5 Å².